The molecule has 0 aromatic heterocycles. The minimum atomic E-state index is -1.04. The third-order valence-corrected chi connectivity index (χ3v) is 8.43. The van der Waals surface area contributed by atoms with Crippen LogP contribution in [0.2, 0.25) is 0 Å². The quantitative estimate of drug-likeness (QED) is 0.304. The van der Waals surface area contributed by atoms with Crippen molar-refractivity contribution in [1.29, 1.82) is 0 Å². The predicted octanol–water partition coefficient (Wildman–Crippen LogP) is 7.34. The monoisotopic (exact) mass is 568 g/mol. The van der Waals surface area contributed by atoms with Crippen molar-refractivity contribution in [1.82, 2.24) is 4.90 Å². The van der Waals surface area contributed by atoms with Crippen LogP contribution >= 0.6 is 0 Å². The van der Waals surface area contributed by atoms with Crippen LogP contribution in [-0.4, -0.2) is 55.6 Å². The Morgan fingerprint density at radius 2 is 1.73 bits per heavy atom. The van der Waals surface area contributed by atoms with Gasteiger partial charge in [-0.15, -0.1) is 0 Å². The Balaban J connectivity index is 0.000000226. The zero-order valence-electron chi connectivity index (χ0n) is 26.1. The average Bonchev–Trinajstić information content (AvgIpc) is 2.93. The van der Waals surface area contributed by atoms with E-state index in [9.17, 15) is 14.0 Å². The van der Waals surface area contributed by atoms with Crippen LogP contribution in [0, 0.1) is 25.7 Å². The van der Waals surface area contributed by atoms with Crippen LogP contribution < -0.4 is 14.8 Å². The number of Topliss-reactive ketones (excluding diaryl/α,β-unsaturated/α-hetero) is 1. The fourth-order valence-corrected chi connectivity index (χ4v) is 5.96. The lowest BCUT2D eigenvalue weighted by atomic mass is 9.80. The van der Waals surface area contributed by atoms with E-state index in [1.54, 1.807) is 21.0 Å². The van der Waals surface area contributed by atoms with E-state index in [0.29, 0.717) is 26.2 Å². The fourth-order valence-electron chi connectivity index (χ4n) is 5.96. The lowest BCUT2D eigenvalue weighted by Gasteiger charge is -2.42. The van der Waals surface area contributed by atoms with Crippen molar-refractivity contribution < 1.29 is 23.5 Å². The first-order valence-corrected chi connectivity index (χ1v) is 15.1. The number of benzene rings is 2. The molecule has 1 saturated carbocycles. The Morgan fingerprint density at radius 3 is 2.29 bits per heavy atom. The standard InChI is InChI=1S/C17H24FNO2.C17H25NO2/c1-5-15-12(2)8-14(9-16(15)13(3)20)21-7-6-19-10-17(4,18)11-19;1-4-13-6-8-14(9-7-13)17(19)18-15-10-5-12(2)16(11-15)20-3/h8-9H,5-7,10-11H2,1-4H3;5,10-11,13-14H,4,6-9H2,1-3H3,(H,18,19). The highest BCUT2D eigenvalue weighted by atomic mass is 19.1. The molecule has 1 heterocycles. The smallest absolute Gasteiger partial charge is 0.227 e. The number of carbonyl (C=O) groups excluding carboxylic acids is 2. The zero-order valence-corrected chi connectivity index (χ0v) is 26.1. The summed E-state index contributed by atoms with van der Waals surface area (Å²) in [4.78, 5) is 26.1. The lowest BCUT2D eigenvalue weighted by molar-refractivity contribution is -0.121. The summed E-state index contributed by atoms with van der Waals surface area (Å²) >= 11 is 0. The largest absolute Gasteiger partial charge is 0.496 e. The number of ether oxygens (including phenoxy) is 2. The van der Waals surface area contributed by atoms with E-state index in [-0.39, 0.29) is 17.6 Å². The summed E-state index contributed by atoms with van der Waals surface area (Å²) in [7, 11) is 1.65. The molecule has 2 fully saturated rings. The number of aryl methyl sites for hydroxylation is 2. The molecule has 0 atom stereocenters. The van der Waals surface area contributed by atoms with Crippen LogP contribution in [0.3, 0.4) is 0 Å². The van der Waals surface area contributed by atoms with Crippen molar-refractivity contribution in [2.45, 2.75) is 85.7 Å². The number of rotatable bonds is 10. The fraction of sp³-hybridized carbons (Fsp3) is 0.588. The highest BCUT2D eigenvalue weighted by Gasteiger charge is 2.38. The van der Waals surface area contributed by atoms with Crippen molar-refractivity contribution >= 4 is 17.4 Å². The molecule has 0 radical (unpaired) electrons. The number of methoxy groups -OCH3 is 1. The van der Waals surface area contributed by atoms with Gasteiger partial charge in [0.25, 0.3) is 0 Å². The SMILES string of the molecule is CCC1CCC(C(=O)Nc2ccc(C)c(OC)c2)CC1.CCc1c(C)cc(OCCN2CC(C)(F)C2)cc1C(C)=O. The number of amides is 1. The first kappa shape index (κ1) is 32.6. The van der Waals surface area contributed by atoms with E-state index in [1.165, 1.54) is 19.3 Å². The second-order valence-corrected chi connectivity index (χ2v) is 11.9. The second kappa shape index (κ2) is 14.8. The highest BCUT2D eigenvalue weighted by Crippen LogP contribution is 2.32. The van der Waals surface area contributed by atoms with Crippen LogP contribution in [0.25, 0.3) is 0 Å². The van der Waals surface area contributed by atoms with Gasteiger partial charge in [-0.2, -0.15) is 0 Å². The van der Waals surface area contributed by atoms with Gasteiger partial charge in [-0.25, -0.2) is 4.39 Å². The molecule has 1 N–H and O–H groups in total. The van der Waals surface area contributed by atoms with Gasteiger partial charge in [0.15, 0.2) is 5.78 Å². The summed E-state index contributed by atoms with van der Waals surface area (Å²) in [6, 6.07) is 9.60. The number of hydrogen-bond donors (Lipinski definition) is 1. The molecule has 0 bridgehead atoms. The summed E-state index contributed by atoms with van der Waals surface area (Å²) in [6.45, 7) is 13.7. The third kappa shape index (κ3) is 9.29. The van der Waals surface area contributed by atoms with Gasteiger partial charge in [-0.05, 0) is 101 Å². The van der Waals surface area contributed by atoms with E-state index in [1.807, 2.05) is 56.0 Å². The molecule has 4 rings (SSSR count). The van der Waals surface area contributed by atoms with Gasteiger partial charge >= 0.3 is 0 Å². The molecule has 0 unspecified atom stereocenters. The molecule has 2 aliphatic rings. The average molecular weight is 569 g/mol. The van der Waals surface area contributed by atoms with Crippen molar-refractivity contribution in [2.75, 3.05) is 38.7 Å². The number of carbonyl (C=O) groups is 2. The maximum absolute atomic E-state index is 13.4. The molecule has 6 nitrogen and oxygen atoms in total. The Hall–Kier alpha value is -2.93. The lowest BCUT2D eigenvalue weighted by Crippen LogP contribution is -2.57. The highest BCUT2D eigenvalue weighted by molar-refractivity contribution is 5.96. The topological polar surface area (TPSA) is 67.9 Å². The van der Waals surface area contributed by atoms with Gasteiger partial charge in [0.2, 0.25) is 5.91 Å². The molecule has 1 saturated heterocycles. The van der Waals surface area contributed by atoms with Crippen LogP contribution in [0.4, 0.5) is 10.1 Å². The number of alkyl halides is 1. The molecule has 7 heteroatoms. The van der Waals surface area contributed by atoms with Gasteiger partial charge < -0.3 is 14.8 Å². The first-order valence-electron chi connectivity index (χ1n) is 15.1. The number of nitrogens with zero attached hydrogens (tertiary/aromatic N) is 1. The Morgan fingerprint density at radius 1 is 1.05 bits per heavy atom. The second-order valence-electron chi connectivity index (χ2n) is 11.9. The molecule has 226 valence electrons. The van der Waals surface area contributed by atoms with E-state index >= 15 is 0 Å². The predicted molar refractivity (Wildman–Crippen MR) is 164 cm³/mol. The molecule has 1 aliphatic carbocycles. The van der Waals surface area contributed by atoms with Crippen molar-refractivity contribution in [3.05, 3.63) is 52.6 Å². The molecular weight excluding hydrogens is 519 g/mol. The molecule has 1 aliphatic heterocycles. The van der Waals surface area contributed by atoms with Gasteiger partial charge in [0.1, 0.15) is 23.8 Å². The molecule has 2 aromatic rings. The summed E-state index contributed by atoms with van der Waals surface area (Å²) in [6.07, 6.45) is 6.49. The summed E-state index contributed by atoms with van der Waals surface area (Å²) < 4.78 is 24.4. The maximum atomic E-state index is 13.4. The van der Waals surface area contributed by atoms with Crippen molar-refractivity contribution in [2.24, 2.45) is 11.8 Å². The van der Waals surface area contributed by atoms with E-state index in [4.69, 9.17) is 9.47 Å². The van der Waals surface area contributed by atoms with Gasteiger partial charge in [0, 0.05) is 42.9 Å². The number of nitrogens with one attached hydrogen (secondary N) is 1. The summed E-state index contributed by atoms with van der Waals surface area (Å²) in [5.74, 6) is 2.75. The van der Waals surface area contributed by atoms with E-state index in [0.717, 1.165) is 64.6 Å². The van der Waals surface area contributed by atoms with Crippen LogP contribution in [-0.2, 0) is 11.2 Å². The molecule has 41 heavy (non-hydrogen) atoms. The third-order valence-electron chi connectivity index (χ3n) is 8.43. The Bertz CT molecular complexity index is 1180. The molecular formula is C34H49FN2O4. The number of anilines is 1. The maximum Gasteiger partial charge on any atom is 0.227 e. The first-order chi connectivity index (χ1) is 19.5. The Labute approximate surface area is 246 Å². The molecule has 0 spiro atoms. The van der Waals surface area contributed by atoms with Crippen molar-refractivity contribution in [3.63, 3.8) is 0 Å². The van der Waals surface area contributed by atoms with Gasteiger partial charge in [0.05, 0.1) is 7.11 Å². The van der Waals surface area contributed by atoms with E-state index < -0.39 is 5.67 Å². The van der Waals surface area contributed by atoms with Gasteiger partial charge in [-0.3, -0.25) is 14.5 Å². The number of likely N-dealkylation sites (tertiary alicyclic amines) is 1. The van der Waals surface area contributed by atoms with Crippen LogP contribution in [0.15, 0.2) is 30.3 Å². The number of hydrogen-bond acceptors (Lipinski definition) is 5. The number of ketones is 1. The van der Waals surface area contributed by atoms with E-state index in [2.05, 4.69) is 12.2 Å². The van der Waals surface area contributed by atoms with Crippen molar-refractivity contribution in [3.8, 4) is 11.5 Å². The van der Waals surface area contributed by atoms with Crippen LogP contribution in [0.5, 0.6) is 11.5 Å². The molecule has 1 amide bonds. The normalized spacial score (nSPS) is 19.8. The number of halogens is 1. The van der Waals surface area contributed by atoms with Gasteiger partial charge in [-0.1, -0.05) is 26.3 Å². The summed E-state index contributed by atoms with van der Waals surface area (Å²) in [5.41, 5.74) is 3.78. The minimum absolute atomic E-state index is 0.0661. The zero-order chi connectivity index (χ0) is 30.2. The Kier molecular flexibility index (Phi) is 11.8. The molecule has 2 aromatic carbocycles. The minimum Gasteiger partial charge on any atom is -0.496 e. The summed E-state index contributed by atoms with van der Waals surface area (Å²) in [5, 5.41) is 3.03. The van der Waals surface area contributed by atoms with Crippen LogP contribution in [0.1, 0.15) is 86.8 Å².